The number of nitrogens with zero attached hydrogens (tertiary/aromatic N) is 3. The van der Waals surface area contributed by atoms with Crippen molar-refractivity contribution in [1.82, 2.24) is 14.7 Å². The summed E-state index contributed by atoms with van der Waals surface area (Å²) in [4.78, 5) is 2.04. The fourth-order valence-electron chi connectivity index (χ4n) is 3.75. The topological polar surface area (TPSA) is 61.5 Å². The Labute approximate surface area is 167 Å². The van der Waals surface area contributed by atoms with E-state index in [2.05, 4.69) is 5.10 Å². The number of rotatable bonds is 4. The standard InChI is InChI=1S/C22H23F2N3O2/c1-14-4-2-3-5-17(14)22-15(11-26-9-8-20(28)21(29)13-26)12-27(25-22)19-7-6-16(23)10-18(19)24/h2-7,10,12,20-21,28-29H,8-9,11,13H2,1H3/t20-,21-/m1/s1. The van der Waals surface area contributed by atoms with Crippen LogP contribution in [0.3, 0.4) is 0 Å². The predicted molar refractivity (Wildman–Crippen MR) is 106 cm³/mol. The fraction of sp³-hybridized carbons (Fsp3) is 0.318. The smallest absolute Gasteiger partial charge is 0.151 e. The van der Waals surface area contributed by atoms with Gasteiger partial charge in [-0.15, -0.1) is 0 Å². The minimum atomic E-state index is -0.796. The first-order valence-corrected chi connectivity index (χ1v) is 9.61. The van der Waals surface area contributed by atoms with Gasteiger partial charge in [-0.05, 0) is 31.0 Å². The number of aromatic nitrogens is 2. The van der Waals surface area contributed by atoms with Crippen molar-refractivity contribution < 1.29 is 19.0 Å². The molecule has 5 nitrogen and oxygen atoms in total. The first-order valence-electron chi connectivity index (χ1n) is 9.61. The Morgan fingerprint density at radius 1 is 1.10 bits per heavy atom. The Morgan fingerprint density at radius 3 is 2.62 bits per heavy atom. The van der Waals surface area contributed by atoms with Gasteiger partial charge in [-0.2, -0.15) is 5.10 Å². The Balaban J connectivity index is 1.74. The number of aliphatic hydroxyl groups is 2. The maximum absolute atomic E-state index is 14.3. The molecule has 0 aliphatic carbocycles. The second-order valence-corrected chi connectivity index (χ2v) is 7.52. The van der Waals surface area contributed by atoms with Crippen molar-refractivity contribution in [1.29, 1.82) is 0 Å². The lowest BCUT2D eigenvalue weighted by molar-refractivity contribution is -0.0403. The van der Waals surface area contributed by atoms with Gasteiger partial charge in [-0.1, -0.05) is 24.3 Å². The zero-order valence-corrected chi connectivity index (χ0v) is 16.1. The Kier molecular flexibility index (Phi) is 5.45. The average molecular weight is 399 g/mol. The third-order valence-electron chi connectivity index (χ3n) is 5.37. The number of hydrogen-bond donors (Lipinski definition) is 2. The summed E-state index contributed by atoms with van der Waals surface area (Å²) in [6.45, 7) is 3.47. The van der Waals surface area contributed by atoms with Crippen LogP contribution in [-0.4, -0.2) is 50.2 Å². The number of hydrogen-bond acceptors (Lipinski definition) is 4. The number of piperidine rings is 1. The Morgan fingerprint density at radius 2 is 1.90 bits per heavy atom. The van der Waals surface area contributed by atoms with E-state index in [1.807, 2.05) is 36.1 Å². The van der Waals surface area contributed by atoms with Crippen molar-refractivity contribution >= 4 is 0 Å². The van der Waals surface area contributed by atoms with Crippen LogP contribution in [0.4, 0.5) is 8.78 Å². The van der Waals surface area contributed by atoms with E-state index in [-0.39, 0.29) is 5.69 Å². The lowest BCUT2D eigenvalue weighted by Gasteiger charge is -2.33. The molecule has 29 heavy (non-hydrogen) atoms. The van der Waals surface area contributed by atoms with Crippen molar-refractivity contribution in [2.75, 3.05) is 13.1 Å². The van der Waals surface area contributed by atoms with E-state index in [4.69, 9.17) is 0 Å². The number of aryl methyl sites for hydroxylation is 1. The maximum Gasteiger partial charge on any atom is 0.151 e. The number of β-amino-alcohol motifs (C(OH)–C–C–N with tert-alkyl or cyclic N) is 1. The molecule has 4 rings (SSSR count). The van der Waals surface area contributed by atoms with Crippen LogP contribution in [-0.2, 0) is 6.54 Å². The van der Waals surface area contributed by atoms with Gasteiger partial charge in [0.05, 0.1) is 17.9 Å². The zero-order valence-electron chi connectivity index (χ0n) is 16.1. The molecule has 2 N–H and O–H groups in total. The molecular weight excluding hydrogens is 376 g/mol. The fourth-order valence-corrected chi connectivity index (χ4v) is 3.75. The van der Waals surface area contributed by atoms with Crippen LogP contribution in [0.25, 0.3) is 16.9 Å². The molecule has 1 aliphatic heterocycles. The molecule has 1 fully saturated rings. The Bertz CT molecular complexity index is 1020. The lowest BCUT2D eigenvalue weighted by atomic mass is 10.0. The minimum absolute atomic E-state index is 0.168. The van der Waals surface area contributed by atoms with Crippen LogP contribution < -0.4 is 0 Å². The quantitative estimate of drug-likeness (QED) is 0.708. The van der Waals surface area contributed by atoms with Gasteiger partial charge in [0.1, 0.15) is 11.5 Å². The molecule has 0 bridgehead atoms. The lowest BCUT2D eigenvalue weighted by Crippen LogP contribution is -2.46. The molecule has 3 aromatic rings. The van der Waals surface area contributed by atoms with Gasteiger partial charge in [0, 0.05) is 43.0 Å². The summed E-state index contributed by atoms with van der Waals surface area (Å²) in [7, 11) is 0. The molecule has 0 saturated carbocycles. The van der Waals surface area contributed by atoms with Crippen LogP contribution >= 0.6 is 0 Å². The van der Waals surface area contributed by atoms with E-state index in [9.17, 15) is 19.0 Å². The van der Waals surface area contributed by atoms with Gasteiger partial charge in [-0.25, -0.2) is 13.5 Å². The molecule has 7 heteroatoms. The Hall–Kier alpha value is -2.61. The monoisotopic (exact) mass is 399 g/mol. The number of likely N-dealkylation sites (tertiary alicyclic amines) is 1. The molecular formula is C22H23F2N3O2. The van der Waals surface area contributed by atoms with E-state index in [0.29, 0.717) is 31.7 Å². The SMILES string of the molecule is Cc1ccccc1-c1nn(-c2ccc(F)cc2F)cc1CN1CC[C@@H](O)[C@H](O)C1. The summed E-state index contributed by atoms with van der Waals surface area (Å²) in [5.41, 5.74) is 3.72. The van der Waals surface area contributed by atoms with Crippen molar-refractivity contribution in [3.63, 3.8) is 0 Å². The molecule has 1 saturated heterocycles. The van der Waals surface area contributed by atoms with Crippen LogP contribution in [0.2, 0.25) is 0 Å². The van der Waals surface area contributed by atoms with E-state index in [0.717, 1.165) is 22.8 Å². The van der Waals surface area contributed by atoms with Crippen LogP contribution in [0.15, 0.2) is 48.7 Å². The van der Waals surface area contributed by atoms with Crippen molar-refractivity contribution in [2.45, 2.75) is 32.1 Å². The second-order valence-electron chi connectivity index (χ2n) is 7.52. The zero-order chi connectivity index (χ0) is 20.5. The first-order chi connectivity index (χ1) is 13.9. The van der Waals surface area contributed by atoms with E-state index in [1.165, 1.54) is 16.8 Å². The highest BCUT2D eigenvalue weighted by Gasteiger charge is 2.27. The highest BCUT2D eigenvalue weighted by molar-refractivity contribution is 5.67. The molecule has 0 amide bonds. The molecule has 1 aromatic heterocycles. The third kappa shape index (κ3) is 4.07. The highest BCUT2D eigenvalue weighted by atomic mass is 19.1. The molecule has 1 aliphatic rings. The highest BCUT2D eigenvalue weighted by Crippen LogP contribution is 2.29. The summed E-state index contributed by atoms with van der Waals surface area (Å²) in [6.07, 6.45) is 0.727. The van der Waals surface area contributed by atoms with Crippen molar-refractivity contribution in [3.05, 3.63) is 71.4 Å². The molecule has 2 aromatic carbocycles. The summed E-state index contributed by atoms with van der Waals surface area (Å²) < 4.78 is 29.1. The van der Waals surface area contributed by atoms with Crippen molar-refractivity contribution in [2.24, 2.45) is 0 Å². The molecule has 2 heterocycles. The number of aliphatic hydroxyl groups excluding tert-OH is 2. The normalized spacial score (nSPS) is 20.2. The van der Waals surface area contributed by atoms with E-state index in [1.54, 1.807) is 6.20 Å². The summed E-state index contributed by atoms with van der Waals surface area (Å²) in [6, 6.07) is 11.2. The number of halogens is 2. The van der Waals surface area contributed by atoms with Gasteiger partial charge in [0.15, 0.2) is 5.82 Å². The first kappa shape index (κ1) is 19.7. The van der Waals surface area contributed by atoms with Crippen LogP contribution in [0.5, 0.6) is 0 Å². The van der Waals surface area contributed by atoms with E-state index < -0.39 is 23.8 Å². The predicted octanol–water partition coefficient (Wildman–Crippen LogP) is 3.05. The summed E-state index contributed by atoms with van der Waals surface area (Å²) >= 11 is 0. The van der Waals surface area contributed by atoms with Crippen LogP contribution in [0, 0.1) is 18.6 Å². The molecule has 0 spiro atoms. The minimum Gasteiger partial charge on any atom is -0.390 e. The second kappa shape index (κ2) is 8.02. The van der Waals surface area contributed by atoms with Gasteiger partial charge in [0.2, 0.25) is 0 Å². The summed E-state index contributed by atoms with van der Waals surface area (Å²) in [5, 5.41) is 24.4. The van der Waals surface area contributed by atoms with Crippen molar-refractivity contribution in [3.8, 4) is 16.9 Å². The van der Waals surface area contributed by atoms with Gasteiger partial charge in [0.25, 0.3) is 0 Å². The molecule has 0 unspecified atom stereocenters. The maximum atomic E-state index is 14.3. The molecule has 2 atom stereocenters. The van der Waals surface area contributed by atoms with Crippen LogP contribution in [0.1, 0.15) is 17.5 Å². The molecule has 152 valence electrons. The summed E-state index contributed by atoms with van der Waals surface area (Å²) in [5.74, 6) is -1.33. The number of benzene rings is 2. The van der Waals surface area contributed by atoms with Gasteiger partial charge in [-0.3, -0.25) is 4.90 Å². The van der Waals surface area contributed by atoms with Gasteiger partial charge < -0.3 is 10.2 Å². The average Bonchev–Trinajstić information content (AvgIpc) is 3.08. The largest absolute Gasteiger partial charge is 0.390 e. The molecule has 0 radical (unpaired) electrons. The van der Waals surface area contributed by atoms with E-state index >= 15 is 0 Å². The third-order valence-corrected chi connectivity index (χ3v) is 5.37. The van der Waals surface area contributed by atoms with Gasteiger partial charge >= 0.3 is 0 Å².